The van der Waals surface area contributed by atoms with Crippen molar-refractivity contribution in [3.05, 3.63) is 71.5 Å². The Morgan fingerprint density at radius 2 is 1.76 bits per heavy atom. The molecule has 0 aromatic heterocycles. The third-order valence-electron chi connectivity index (χ3n) is 5.16. The number of nitrogens with zero attached hydrogens (tertiary/aromatic N) is 1. The van der Waals surface area contributed by atoms with Gasteiger partial charge in [-0.3, -0.25) is 9.79 Å². The molecule has 0 bridgehead atoms. The van der Waals surface area contributed by atoms with Crippen molar-refractivity contribution in [2.45, 2.75) is 38.1 Å². The molecule has 0 radical (unpaired) electrons. The monoisotopic (exact) mass is 396 g/mol. The third-order valence-corrected chi connectivity index (χ3v) is 5.16. The molecule has 2 aromatic rings. The highest BCUT2D eigenvalue weighted by atomic mass is 19.1. The lowest BCUT2D eigenvalue weighted by Crippen LogP contribution is -2.39. The maximum absolute atomic E-state index is 14.2. The third kappa shape index (κ3) is 6.04. The highest BCUT2D eigenvalue weighted by Crippen LogP contribution is 2.49. The lowest BCUT2D eigenvalue weighted by Gasteiger charge is -2.16. The molecule has 3 N–H and O–H groups in total. The second-order valence-electron chi connectivity index (χ2n) is 7.39. The first-order chi connectivity index (χ1) is 14.1. The molecule has 0 spiro atoms. The average molecular weight is 397 g/mol. The number of amides is 1. The van der Waals surface area contributed by atoms with Crippen LogP contribution in [0.4, 0.5) is 4.39 Å². The number of hydrogen-bond acceptors (Lipinski definition) is 2. The van der Waals surface area contributed by atoms with Crippen molar-refractivity contribution in [1.29, 1.82) is 0 Å². The molecule has 0 atom stereocenters. The highest BCUT2D eigenvalue weighted by Gasteiger charge is 2.45. The van der Waals surface area contributed by atoms with Crippen LogP contribution >= 0.6 is 0 Å². The number of carbonyl (C=O) groups excluding carboxylic acids is 1. The summed E-state index contributed by atoms with van der Waals surface area (Å²) >= 11 is 0. The smallest absolute Gasteiger partial charge is 0.222 e. The lowest BCUT2D eigenvalue weighted by molar-refractivity contribution is -0.121. The molecule has 5 nitrogen and oxygen atoms in total. The predicted octanol–water partition coefficient (Wildman–Crippen LogP) is 3.12. The van der Waals surface area contributed by atoms with Gasteiger partial charge < -0.3 is 16.0 Å². The number of aliphatic imine (C=N–C) groups is 1. The summed E-state index contributed by atoms with van der Waals surface area (Å²) < 4.78 is 14.2. The number of guanidine groups is 1. The zero-order valence-corrected chi connectivity index (χ0v) is 16.9. The fourth-order valence-corrected chi connectivity index (χ4v) is 3.31. The summed E-state index contributed by atoms with van der Waals surface area (Å²) in [5, 5.41) is 9.31. The normalized spacial score (nSPS) is 14.9. The molecule has 0 aliphatic heterocycles. The van der Waals surface area contributed by atoms with Gasteiger partial charge in [0.2, 0.25) is 5.91 Å². The van der Waals surface area contributed by atoms with Gasteiger partial charge in [-0.05, 0) is 37.0 Å². The predicted molar refractivity (Wildman–Crippen MR) is 114 cm³/mol. The molecule has 1 aliphatic rings. The van der Waals surface area contributed by atoms with Crippen LogP contribution in [0.15, 0.2) is 59.6 Å². The molecule has 2 aromatic carbocycles. The Balaban J connectivity index is 1.47. The van der Waals surface area contributed by atoms with Gasteiger partial charge in [0.1, 0.15) is 5.82 Å². The molecule has 0 saturated heterocycles. The summed E-state index contributed by atoms with van der Waals surface area (Å²) in [6.07, 6.45) is 2.24. The van der Waals surface area contributed by atoms with Crippen LogP contribution in [0.3, 0.4) is 0 Å². The second kappa shape index (κ2) is 10.0. The van der Waals surface area contributed by atoms with Gasteiger partial charge in [-0.1, -0.05) is 48.5 Å². The van der Waals surface area contributed by atoms with E-state index in [9.17, 15) is 9.18 Å². The molecule has 1 aliphatic carbocycles. The Morgan fingerprint density at radius 1 is 1.03 bits per heavy atom. The van der Waals surface area contributed by atoms with Gasteiger partial charge in [-0.2, -0.15) is 0 Å². The van der Waals surface area contributed by atoms with Crippen molar-refractivity contribution < 1.29 is 9.18 Å². The van der Waals surface area contributed by atoms with Crippen molar-refractivity contribution in [3.8, 4) is 0 Å². The van der Waals surface area contributed by atoms with E-state index in [1.807, 2.05) is 49.4 Å². The first-order valence-electron chi connectivity index (χ1n) is 10.2. The molecular formula is C23H29FN4O. The summed E-state index contributed by atoms with van der Waals surface area (Å²) in [4.78, 5) is 16.7. The second-order valence-corrected chi connectivity index (χ2v) is 7.39. The minimum Gasteiger partial charge on any atom is -0.357 e. The van der Waals surface area contributed by atoms with Crippen molar-refractivity contribution >= 4 is 11.9 Å². The summed E-state index contributed by atoms with van der Waals surface area (Å²) in [6, 6.07) is 16.8. The molecule has 6 heteroatoms. The van der Waals surface area contributed by atoms with Gasteiger partial charge in [0.05, 0.1) is 6.54 Å². The van der Waals surface area contributed by atoms with Crippen molar-refractivity contribution in [2.75, 3.05) is 19.6 Å². The van der Waals surface area contributed by atoms with Crippen LogP contribution in [0.25, 0.3) is 0 Å². The molecule has 1 amide bonds. The maximum Gasteiger partial charge on any atom is 0.222 e. The fourth-order valence-electron chi connectivity index (χ4n) is 3.31. The Labute approximate surface area is 171 Å². The Hall–Kier alpha value is -2.89. The van der Waals surface area contributed by atoms with Crippen LogP contribution in [-0.2, 0) is 16.8 Å². The van der Waals surface area contributed by atoms with Crippen LogP contribution in [0, 0.1) is 5.82 Å². The van der Waals surface area contributed by atoms with E-state index in [0.29, 0.717) is 32.0 Å². The van der Waals surface area contributed by atoms with E-state index in [-0.39, 0.29) is 17.1 Å². The van der Waals surface area contributed by atoms with Crippen LogP contribution in [-0.4, -0.2) is 31.5 Å². The zero-order valence-electron chi connectivity index (χ0n) is 16.9. The van der Waals surface area contributed by atoms with Crippen molar-refractivity contribution in [1.82, 2.24) is 16.0 Å². The van der Waals surface area contributed by atoms with Crippen LogP contribution in [0.5, 0.6) is 0 Å². The van der Waals surface area contributed by atoms with Gasteiger partial charge in [0.25, 0.3) is 0 Å². The number of hydrogen-bond donors (Lipinski definition) is 3. The van der Waals surface area contributed by atoms with E-state index >= 15 is 0 Å². The molecule has 0 unspecified atom stereocenters. The van der Waals surface area contributed by atoms with E-state index in [1.165, 1.54) is 6.07 Å². The van der Waals surface area contributed by atoms with E-state index in [4.69, 9.17) is 0 Å². The van der Waals surface area contributed by atoms with Gasteiger partial charge >= 0.3 is 0 Å². The molecular weight excluding hydrogens is 367 g/mol. The molecule has 0 heterocycles. The number of carbonyl (C=O) groups is 1. The van der Waals surface area contributed by atoms with Crippen LogP contribution in [0.2, 0.25) is 0 Å². The number of rotatable bonds is 9. The van der Waals surface area contributed by atoms with Gasteiger partial charge in [-0.25, -0.2) is 4.39 Å². The number of benzene rings is 2. The highest BCUT2D eigenvalue weighted by molar-refractivity contribution is 5.81. The molecule has 3 rings (SSSR count). The van der Waals surface area contributed by atoms with E-state index < -0.39 is 0 Å². The van der Waals surface area contributed by atoms with Crippen molar-refractivity contribution in [2.24, 2.45) is 4.99 Å². The summed E-state index contributed by atoms with van der Waals surface area (Å²) in [7, 11) is 0. The first-order valence-corrected chi connectivity index (χ1v) is 10.2. The number of halogens is 1. The van der Waals surface area contributed by atoms with Gasteiger partial charge in [0.15, 0.2) is 5.96 Å². The van der Waals surface area contributed by atoms with Gasteiger partial charge in [-0.15, -0.1) is 0 Å². The largest absolute Gasteiger partial charge is 0.357 e. The van der Waals surface area contributed by atoms with E-state index in [2.05, 4.69) is 20.9 Å². The molecule has 1 fully saturated rings. The number of nitrogens with one attached hydrogen (secondary N) is 3. The minimum absolute atomic E-state index is 0.0118. The zero-order chi connectivity index (χ0) is 20.5. The molecule has 1 saturated carbocycles. The fraction of sp³-hybridized carbons (Fsp3) is 0.391. The maximum atomic E-state index is 14.2. The van der Waals surface area contributed by atoms with E-state index in [1.54, 1.807) is 6.07 Å². The Kier molecular flexibility index (Phi) is 7.22. The van der Waals surface area contributed by atoms with Crippen LogP contribution in [0.1, 0.15) is 37.3 Å². The van der Waals surface area contributed by atoms with Gasteiger partial charge in [0, 0.05) is 31.5 Å². The topological polar surface area (TPSA) is 65.5 Å². The summed E-state index contributed by atoms with van der Waals surface area (Å²) in [5.41, 5.74) is 1.63. The summed E-state index contributed by atoms with van der Waals surface area (Å²) in [5.74, 6) is 0.487. The molecule has 29 heavy (non-hydrogen) atoms. The average Bonchev–Trinajstić information content (AvgIpc) is 3.52. The first kappa shape index (κ1) is 20.8. The quantitative estimate of drug-likeness (QED) is 0.451. The molecule has 154 valence electrons. The Bertz CT molecular complexity index is 834. The van der Waals surface area contributed by atoms with Crippen molar-refractivity contribution in [3.63, 3.8) is 0 Å². The minimum atomic E-state index is -0.194. The van der Waals surface area contributed by atoms with E-state index in [0.717, 1.165) is 30.5 Å². The van der Waals surface area contributed by atoms with Crippen LogP contribution < -0.4 is 16.0 Å². The SMILES string of the molecule is CCNC(=NCC1(c2ccccc2F)CC1)NCCC(=O)NCc1ccccc1. The summed E-state index contributed by atoms with van der Waals surface area (Å²) in [6.45, 7) is 4.26. The Morgan fingerprint density at radius 3 is 2.45 bits per heavy atom. The lowest BCUT2D eigenvalue weighted by atomic mass is 9.95. The standard InChI is InChI=1S/C23H29FN4O/c1-2-25-22(26-15-12-21(29)27-16-18-8-4-3-5-9-18)28-17-23(13-14-23)19-10-6-7-11-20(19)24/h3-11H,2,12-17H2,1H3,(H,27,29)(H2,25,26,28).